The number of carbonyl (C=O) groups is 5. The van der Waals surface area contributed by atoms with Gasteiger partial charge in [-0.1, -0.05) is 78.1 Å². The molecule has 0 aliphatic carbocycles. The second kappa shape index (κ2) is 31.8. The number of carboxylic acid groups (broad SMARTS) is 1. The Morgan fingerprint density at radius 2 is 1.35 bits per heavy atom. The number of ether oxygens (including phenoxy) is 10. The van der Waals surface area contributed by atoms with Gasteiger partial charge in [0.15, 0.2) is 18.6 Å². The van der Waals surface area contributed by atoms with Crippen molar-refractivity contribution in [2.75, 3.05) is 48.5 Å². The molecular formula is C53H87N5O22. The molecule has 19 atom stereocenters. The first-order valence-electron chi connectivity index (χ1n) is 27.8. The van der Waals surface area contributed by atoms with Crippen molar-refractivity contribution in [2.24, 2.45) is 11.7 Å². The molecule has 0 saturated carbocycles. The van der Waals surface area contributed by atoms with Crippen molar-refractivity contribution in [3.8, 4) is 0 Å². The Hall–Kier alpha value is -4.49. The zero-order valence-electron chi connectivity index (χ0n) is 47.2. The molecule has 1 aromatic heterocycles. The van der Waals surface area contributed by atoms with Crippen LogP contribution in [-0.2, 0) is 71.3 Å². The van der Waals surface area contributed by atoms with Gasteiger partial charge in [-0.15, -0.1) is 0 Å². The summed E-state index contributed by atoms with van der Waals surface area (Å²) in [6, 6.07) is -2.60. The quantitative estimate of drug-likeness (QED) is 0.0288. The van der Waals surface area contributed by atoms with Gasteiger partial charge >= 0.3 is 29.6 Å². The Balaban J connectivity index is 1.32. The van der Waals surface area contributed by atoms with E-state index in [4.69, 9.17) is 53.1 Å². The molecule has 4 saturated heterocycles. The molecule has 0 radical (unpaired) electrons. The molecule has 4 aliphatic heterocycles. The maximum Gasteiger partial charge on any atom is 0.330 e. The van der Waals surface area contributed by atoms with E-state index >= 15 is 0 Å². The lowest BCUT2D eigenvalue weighted by Gasteiger charge is -2.43. The molecule has 4 aliphatic rings. The van der Waals surface area contributed by atoms with Crippen LogP contribution in [0.4, 0.5) is 0 Å². The smallest absolute Gasteiger partial charge is 0.330 e. The molecule has 80 heavy (non-hydrogen) atoms. The van der Waals surface area contributed by atoms with E-state index in [1.54, 1.807) is 13.8 Å². The SMILES string of the molecule is CCCCCCCCCCCCC[C@@H](CC(=O)O[C@H]1CN(C)[C@@H](C(O[C@@H]2O[C@H](CN)[C@@H](O)[C@H]2O)[C@H]2O[C@@H](n3ccc(=O)[nH]c3=O)[C@H](O)[C@@H]2O)C(=O)N(C)[C@@H]1C(=O)O)OC(=O)C[C@H](C)CC(=O)O[C@@H]1O[C@@H](C)[C@H](OC)[C@@H](OC)[C@H]1OC. The number of aromatic amines is 1. The minimum absolute atomic E-state index is 0.214. The van der Waals surface area contributed by atoms with Crippen molar-refractivity contribution in [2.45, 2.75) is 227 Å². The number of carbonyl (C=O) groups excluding carboxylic acids is 4. The second-order valence-corrected chi connectivity index (χ2v) is 21.4. The van der Waals surface area contributed by atoms with Crippen LogP contribution < -0.4 is 17.0 Å². The van der Waals surface area contributed by atoms with Gasteiger partial charge in [-0.3, -0.25) is 38.4 Å². The highest BCUT2D eigenvalue weighted by Gasteiger charge is 2.57. The lowest BCUT2D eigenvalue weighted by Crippen LogP contribution is -2.59. The van der Waals surface area contributed by atoms with Crippen LogP contribution in [0.15, 0.2) is 21.9 Å². The summed E-state index contributed by atoms with van der Waals surface area (Å²) in [5.41, 5.74) is 3.95. The first kappa shape index (κ1) is 66.3. The zero-order valence-corrected chi connectivity index (χ0v) is 47.2. The Kier molecular flexibility index (Phi) is 26.4. The van der Waals surface area contributed by atoms with E-state index in [1.807, 2.05) is 4.98 Å². The number of aliphatic hydroxyl groups is 4. The summed E-state index contributed by atoms with van der Waals surface area (Å²) in [6.07, 6.45) is -10.1. The predicted octanol–water partition coefficient (Wildman–Crippen LogP) is -0.164. The first-order chi connectivity index (χ1) is 38.1. The molecule has 0 bridgehead atoms. The van der Waals surface area contributed by atoms with Gasteiger partial charge in [-0.2, -0.15) is 0 Å². The largest absolute Gasteiger partial charge is 0.480 e. The summed E-state index contributed by atoms with van der Waals surface area (Å²) in [7, 11) is 6.88. The van der Waals surface area contributed by atoms with E-state index in [0.717, 1.165) is 60.9 Å². The molecule has 456 valence electrons. The van der Waals surface area contributed by atoms with Gasteiger partial charge in [-0.25, -0.2) is 9.59 Å². The third kappa shape index (κ3) is 17.3. The molecule has 4 fully saturated rings. The van der Waals surface area contributed by atoms with Crippen molar-refractivity contribution in [3.63, 3.8) is 0 Å². The minimum Gasteiger partial charge on any atom is -0.480 e. The number of carboxylic acids is 1. The Labute approximate surface area is 465 Å². The van der Waals surface area contributed by atoms with Crippen molar-refractivity contribution in [3.05, 3.63) is 33.1 Å². The number of amides is 1. The van der Waals surface area contributed by atoms with Gasteiger partial charge < -0.3 is 83.5 Å². The van der Waals surface area contributed by atoms with Crippen LogP contribution in [0, 0.1) is 5.92 Å². The standard InChI is InChI=1S/C53H87N5O22/c1-9-10-11-12-13-14-15-16-17-18-19-20-30(75-34(60)23-28(2)24-35(61)78-52-47(73-8)46(72-7)43(71-6)29(3)74-52)25-36(62)76-32-27-56(4)38(48(67)57(5)37(32)50(68)69)44(80-51-42(66)39(63)31(26-54)77-51)45-40(64)41(65)49(79-45)58-22-21-33(59)55-53(58)70/h21-22,28-32,37-47,49,51-52,63-66H,9-20,23-27,54H2,1-8H3,(H,68,69)(H,55,59,70)/t28-,29-,30-,31+,32-,37-,38-,39+,40-,41+,42+,43-,44?,45-,46+,47+,49+,51-,52-/m0/s1. The molecular weight excluding hydrogens is 1060 g/mol. The molecule has 1 aromatic rings. The fourth-order valence-corrected chi connectivity index (χ4v) is 11.0. The van der Waals surface area contributed by atoms with Crippen LogP contribution >= 0.6 is 0 Å². The van der Waals surface area contributed by atoms with E-state index in [2.05, 4.69) is 6.92 Å². The van der Waals surface area contributed by atoms with E-state index in [-0.39, 0.29) is 25.8 Å². The van der Waals surface area contributed by atoms with Gasteiger partial charge in [-0.05, 0) is 32.7 Å². The number of aliphatic carboxylic acids is 1. The zero-order chi connectivity index (χ0) is 59.0. The topological polar surface area (TPSA) is 366 Å². The summed E-state index contributed by atoms with van der Waals surface area (Å²) >= 11 is 0. The number of aliphatic hydroxyl groups excluding tert-OH is 4. The van der Waals surface area contributed by atoms with Crippen LogP contribution in [0.1, 0.15) is 123 Å². The van der Waals surface area contributed by atoms with Crippen LogP contribution in [0.25, 0.3) is 0 Å². The molecule has 1 amide bonds. The van der Waals surface area contributed by atoms with Gasteiger partial charge in [0.2, 0.25) is 12.2 Å². The van der Waals surface area contributed by atoms with Crippen LogP contribution in [0.3, 0.4) is 0 Å². The highest BCUT2D eigenvalue weighted by Crippen LogP contribution is 2.37. The Bertz CT molecular complexity index is 2260. The number of nitrogens with one attached hydrogen (secondary N) is 1. The van der Waals surface area contributed by atoms with Crippen molar-refractivity contribution in [1.29, 1.82) is 0 Å². The van der Waals surface area contributed by atoms with Crippen LogP contribution in [0.2, 0.25) is 0 Å². The third-order valence-corrected chi connectivity index (χ3v) is 15.4. The number of methoxy groups -OCH3 is 3. The highest BCUT2D eigenvalue weighted by atomic mass is 16.7. The van der Waals surface area contributed by atoms with Crippen molar-refractivity contribution >= 4 is 29.8 Å². The molecule has 27 nitrogen and oxygen atoms in total. The number of nitrogens with zero attached hydrogens (tertiary/aromatic N) is 3. The molecule has 27 heteroatoms. The summed E-state index contributed by atoms with van der Waals surface area (Å²) in [6.45, 7) is 4.78. The average Bonchev–Trinajstić information content (AvgIpc) is 3.90. The van der Waals surface area contributed by atoms with Gasteiger partial charge in [0.1, 0.15) is 79.3 Å². The third-order valence-electron chi connectivity index (χ3n) is 15.4. The van der Waals surface area contributed by atoms with Crippen molar-refractivity contribution in [1.82, 2.24) is 19.4 Å². The number of H-pyrrole nitrogens is 1. The molecule has 8 N–H and O–H groups in total. The lowest BCUT2D eigenvalue weighted by atomic mass is 9.97. The first-order valence-corrected chi connectivity index (χ1v) is 27.8. The monoisotopic (exact) mass is 1150 g/mol. The van der Waals surface area contributed by atoms with E-state index < -0.39 is 170 Å². The maximum atomic E-state index is 14.7. The van der Waals surface area contributed by atoms with Crippen LogP contribution in [-0.4, -0.2) is 227 Å². The number of unbranched alkanes of at least 4 members (excludes halogenated alkanes) is 10. The van der Waals surface area contributed by atoms with E-state index in [9.17, 15) is 59.1 Å². The molecule has 5 heterocycles. The maximum absolute atomic E-state index is 14.7. The Morgan fingerprint density at radius 3 is 1.93 bits per heavy atom. The fourth-order valence-electron chi connectivity index (χ4n) is 11.0. The number of hydrogen-bond donors (Lipinski definition) is 7. The van der Waals surface area contributed by atoms with Crippen LogP contribution in [0.5, 0.6) is 0 Å². The molecule has 0 aromatic carbocycles. The number of nitrogens with two attached hydrogens (primary N) is 1. The molecule has 5 rings (SSSR count). The Morgan fingerprint density at radius 1 is 0.750 bits per heavy atom. The number of hydrogen-bond acceptors (Lipinski definition) is 23. The number of esters is 3. The highest BCUT2D eigenvalue weighted by molar-refractivity contribution is 5.88. The number of rotatable bonds is 31. The fraction of sp³-hybridized carbons (Fsp3) is 0.830. The number of aromatic nitrogens is 2. The summed E-state index contributed by atoms with van der Waals surface area (Å²) in [5, 5.41) is 55.2. The molecule has 1 unspecified atom stereocenters. The summed E-state index contributed by atoms with van der Waals surface area (Å²) < 4.78 is 58.8. The second-order valence-electron chi connectivity index (χ2n) is 21.4. The molecule has 0 spiro atoms. The van der Waals surface area contributed by atoms with E-state index in [1.165, 1.54) is 65.4 Å². The minimum atomic E-state index is -1.97. The summed E-state index contributed by atoms with van der Waals surface area (Å²) in [4.78, 5) is 97.6. The van der Waals surface area contributed by atoms with Gasteiger partial charge in [0, 0.05) is 66.6 Å². The van der Waals surface area contributed by atoms with Crippen molar-refractivity contribution < 1.29 is 96.9 Å². The number of likely N-dealkylation sites (N-methyl/N-ethyl adjacent to an activating group) is 2. The normalized spacial score (nSPS) is 32.3. The summed E-state index contributed by atoms with van der Waals surface area (Å²) in [5.74, 6) is -5.57. The van der Waals surface area contributed by atoms with Gasteiger partial charge in [0.25, 0.3) is 5.56 Å². The lowest BCUT2D eigenvalue weighted by molar-refractivity contribution is -0.297. The predicted molar refractivity (Wildman–Crippen MR) is 279 cm³/mol. The average molecular weight is 1150 g/mol. The van der Waals surface area contributed by atoms with E-state index in [0.29, 0.717) is 6.42 Å². The van der Waals surface area contributed by atoms with Gasteiger partial charge in [0.05, 0.1) is 12.5 Å².